The molecule has 2 N–H and O–H groups in total. The molecule has 12 heavy (non-hydrogen) atoms. The number of nitrogens with zero attached hydrogens (tertiary/aromatic N) is 2. The van der Waals surface area contributed by atoms with Crippen LogP contribution in [0.25, 0.3) is 0 Å². The second kappa shape index (κ2) is 4.80. The van der Waals surface area contributed by atoms with E-state index in [9.17, 15) is 0 Å². The minimum absolute atomic E-state index is 0.610. The van der Waals surface area contributed by atoms with Gasteiger partial charge in [-0.1, -0.05) is 6.92 Å². The Morgan fingerprint density at radius 2 is 1.83 bits per heavy atom. The van der Waals surface area contributed by atoms with Crippen LogP contribution in [0.1, 0.15) is 13.3 Å². The van der Waals surface area contributed by atoms with Crippen molar-refractivity contribution in [2.45, 2.75) is 19.4 Å². The van der Waals surface area contributed by atoms with Gasteiger partial charge in [0.05, 0.1) is 0 Å². The Labute approximate surface area is 75.5 Å². The maximum Gasteiger partial charge on any atom is 0.0216 e. The molecule has 1 saturated heterocycles. The molecule has 0 saturated carbocycles. The van der Waals surface area contributed by atoms with Crippen molar-refractivity contribution in [2.75, 3.05) is 39.8 Å². The van der Waals surface area contributed by atoms with Crippen LogP contribution in [0.2, 0.25) is 0 Å². The molecular formula is C9H21N3. The van der Waals surface area contributed by atoms with E-state index in [0.29, 0.717) is 6.04 Å². The lowest BCUT2D eigenvalue weighted by atomic mass is 10.1. The molecule has 1 atom stereocenters. The van der Waals surface area contributed by atoms with Gasteiger partial charge in [0.25, 0.3) is 0 Å². The molecule has 0 spiro atoms. The van der Waals surface area contributed by atoms with Crippen molar-refractivity contribution >= 4 is 0 Å². The summed E-state index contributed by atoms with van der Waals surface area (Å²) in [7, 11) is 2.18. The Bertz CT molecular complexity index is 115. The molecule has 0 bridgehead atoms. The summed E-state index contributed by atoms with van der Waals surface area (Å²) in [5.74, 6) is 0. The zero-order chi connectivity index (χ0) is 8.97. The molecule has 1 fully saturated rings. The van der Waals surface area contributed by atoms with Crippen LogP contribution < -0.4 is 5.73 Å². The van der Waals surface area contributed by atoms with Crippen LogP contribution >= 0.6 is 0 Å². The highest BCUT2D eigenvalue weighted by atomic mass is 15.3. The van der Waals surface area contributed by atoms with E-state index in [1.54, 1.807) is 0 Å². The number of likely N-dealkylation sites (N-methyl/N-ethyl adjacent to an activating group) is 1. The van der Waals surface area contributed by atoms with Crippen LogP contribution in [-0.4, -0.2) is 55.6 Å². The van der Waals surface area contributed by atoms with Gasteiger partial charge in [-0.3, -0.25) is 4.90 Å². The highest BCUT2D eigenvalue weighted by molar-refractivity contribution is 4.76. The lowest BCUT2D eigenvalue weighted by Crippen LogP contribution is -2.51. The Morgan fingerprint density at radius 1 is 1.25 bits per heavy atom. The molecule has 1 rings (SSSR count). The molecule has 0 radical (unpaired) electrons. The van der Waals surface area contributed by atoms with Gasteiger partial charge in [-0.2, -0.15) is 0 Å². The van der Waals surface area contributed by atoms with Crippen molar-refractivity contribution in [1.29, 1.82) is 0 Å². The van der Waals surface area contributed by atoms with Gasteiger partial charge in [-0.15, -0.1) is 0 Å². The predicted molar refractivity (Wildman–Crippen MR) is 52.2 cm³/mol. The average Bonchev–Trinajstić information content (AvgIpc) is 2.10. The Balaban J connectivity index is 2.32. The van der Waals surface area contributed by atoms with E-state index in [-0.39, 0.29) is 0 Å². The van der Waals surface area contributed by atoms with Crippen LogP contribution in [0.4, 0.5) is 0 Å². The zero-order valence-corrected chi connectivity index (χ0v) is 8.29. The fourth-order valence-corrected chi connectivity index (χ4v) is 1.76. The largest absolute Gasteiger partial charge is 0.329 e. The Kier molecular flexibility index (Phi) is 3.98. The van der Waals surface area contributed by atoms with E-state index in [4.69, 9.17) is 5.73 Å². The molecule has 0 aromatic rings. The smallest absolute Gasteiger partial charge is 0.0216 e. The quantitative estimate of drug-likeness (QED) is 0.647. The summed E-state index contributed by atoms with van der Waals surface area (Å²) in [6.07, 6.45) is 1.18. The summed E-state index contributed by atoms with van der Waals surface area (Å²) in [6, 6.07) is 0.610. The molecule has 0 aliphatic carbocycles. The molecule has 3 heteroatoms. The third-order valence-electron chi connectivity index (χ3n) is 2.80. The second-order valence-electron chi connectivity index (χ2n) is 3.64. The molecule has 0 aromatic carbocycles. The van der Waals surface area contributed by atoms with Crippen molar-refractivity contribution in [3.8, 4) is 0 Å². The first kappa shape index (κ1) is 9.96. The number of nitrogens with two attached hydrogens (primary N) is 1. The van der Waals surface area contributed by atoms with E-state index in [1.165, 1.54) is 32.6 Å². The van der Waals surface area contributed by atoms with Crippen molar-refractivity contribution in [3.63, 3.8) is 0 Å². The summed E-state index contributed by atoms with van der Waals surface area (Å²) >= 11 is 0. The van der Waals surface area contributed by atoms with E-state index in [0.717, 1.165) is 6.54 Å². The number of rotatable bonds is 3. The van der Waals surface area contributed by atoms with Crippen molar-refractivity contribution in [1.82, 2.24) is 9.80 Å². The van der Waals surface area contributed by atoms with Crippen LogP contribution in [0.15, 0.2) is 0 Å². The first-order valence-corrected chi connectivity index (χ1v) is 4.90. The first-order chi connectivity index (χ1) is 5.77. The topological polar surface area (TPSA) is 32.5 Å². The third-order valence-corrected chi connectivity index (χ3v) is 2.80. The SMILES string of the molecule is CC[C@H](CN)N1CCN(C)CC1. The standard InChI is InChI=1S/C9H21N3/c1-3-9(8-10)12-6-4-11(2)5-7-12/h9H,3-8,10H2,1-2H3/t9-/m1/s1. The minimum atomic E-state index is 0.610. The molecule has 1 heterocycles. The monoisotopic (exact) mass is 171 g/mol. The Hall–Kier alpha value is -0.120. The van der Waals surface area contributed by atoms with Crippen LogP contribution in [0.3, 0.4) is 0 Å². The van der Waals surface area contributed by atoms with Crippen molar-refractivity contribution in [3.05, 3.63) is 0 Å². The van der Waals surface area contributed by atoms with Crippen molar-refractivity contribution in [2.24, 2.45) is 5.73 Å². The molecule has 0 aromatic heterocycles. The average molecular weight is 171 g/mol. The summed E-state index contributed by atoms with van der Waals surface area (Å²) in [5, 5.41) is 0. The van der Waals surface area contributed by atoms with Gasteiger partial charge in [-0.05, 0) is 13.5 Å². The number of hydrogen-bond donors (Lipinski definition) is 1. The van der Waals surface area contributed by atoms with Gasteiger partial charge in [0, 0.05) is 38.8 Å². The van der Waals surface area contributed by atoms with Gasteiger partial charge in [0.1, 0.15) is 0 Å². The second-order valence-corrected chi connectivity index (χ2v) is 3.64. The van der Waals surface area contributed by atoms with E-state index in [1.807, 2.05) is 0 Å². The van der Waals surface area contributed by atoms with Crippen LogP contribution in [0.5, 0.6) is 0 Å². The highest BCUT2D eigenvalue weighted by Crippen LogP contribution is 2.06. The summed E-state index contributed by atoms with van der Waals surface area (Å²) in [6.45, 7) is 7.78. The van der Waals surface area contributed by atoms with Gasteiger partial charge < -0.3 is 10.6 Å². The van der Waals surface area contributed by atoms with Gasteiger partial charge in [-0.25, -0.2) is 0 Å². The van der Waals surface area contributed by atoms with E-state index < -0.39 is 0 Å². The molecular weight excluding hydrogens is 150 g/mol. The van der Waals surface area contributed by atoms with Crippen LogP contribution in [0, 0.1) is 0 Å². The van der Waals surface area contributed by atoms with Gasteiger partial charge in [0.2, 0.25) is 0 Å². The summed E-state index contributed by atoms with van der Waals surface area (Å²) in [4.78, 5) is 4.89. The summed E-state index contributed by atoms with van der Waals surface area (Å²) in [5.41, 5.74) is 5.69. The first-order valence-electron chi connectivity index (χ1n) is 4.90. The minimum Gasteiger partial charge on any atom is -0.329 e. The highest BCUT2D eigenvalue weighted by Gasteiger charge is 2.19. The summed E-state index contributed by atoms with van der Waals surface area (Å²) < 4.78 is 0. The van der Waals surface area contributed by atoms with Crippen LogP contribution in [-0.2, 0) is 0 Å². The zero-order valence-electron chi connectivity index (χ0n) is 8.29. The normalized spacial score (nSPS) is 24.2. The van der Waals surface area contributed by atoms with Gasteiger partial charge >= 0.3 is 0 Å². The van der Waals surface area contributed by atoms with E-state index in [2.05, 4.69) is 23.8 Å². The molecule has 0 unspecified atom stereocenters. The molecule has 1 aliphatic heterocycles. The predicted octanol–water partition coefficient (Wildman–Crippen LogP) is -0.0289. The molecule has 72 valence electrons. The van der Waals surface area contributed by atoms with Gasteiger partial charge in [0.15, 0.2) is 0 Å². The molecule has 0 amide bonds. The number of piperazine rings is 1. The maximum absolute atomic E-state index is 5.69. The Morgan fingerprint density at radius 3 is 2.25 bits per heavy atom. The molecule has 3 nitrogen and oxygen atoms in total. The fourth-order valence-electron chi connectivity index (χ4n) is 1.76. The lowest BCUT2D eigenvalue weighted by molar-refractivity contribution is 0.112. The van der Waals surface area contributed by atoms with Crippen molar-refractivity contribution < 1.29 is 0 Å². The fraction of sp³-hybridized carbons (Fsp3) is 1.00. The molecule has 1 aliphatic rings. The van der Waals surface area contributed by atoms with E-state index >= 15 is 0 Å². The number of hydrogen-bond acceptors (Lipinski definition) is 3. The lowest BCUT2D eigenvalue weighted by Gasteiger charge is -2.37. The maximum atomic E-state index is 5.69. The third kappa shape index (κ3) is 2.44.